The molecule has 0 aliphatic heterocycles. The fraction of sp³-hybridized carbons (Fsp3) is 0.133. The molecule has 0 amide bonds. The average molecular weight is 263 g/mol. The molecule has 0 radical (unpaired) electrons. The summed E-state index contributed by atoms with van der Waals surface area (Å²) in [6, 6.07) is 11.7. The molecule has 0 N–H and O–H groups in total. The zero-order valence-corrected chi connectivity index (χ0v) is 10.7. The average Bonchev–Trinajstić information content (AvgIpc) is 2.32. The number of hydrogen-bond acceptors (Lipinski definition) is 1. The van der Waals surface area contributed by atoms with Crippen LogP contribution in [0.1, 0.15) is 21.5 Å². The Morgan fingerprint density at radius 2 is 1.83 bits per heavy atom. The van der Waals surface area contributed by atoms with Gasteiger partial charge in [-0.2, -0.15) is 0 Å². The van der Waals surface area contributed by atoms with Gasteiger partial charge in [0.15, 0.2) is 5.78 Å². The minimum Gasteiger partial charge on any atom is -0.294 e. The van der Waals surface area contributed by atoms with Crippen LogP contribution in [0.25, 0.3) is 0 Å². The van der Waals surface area contributed by atoms with Crippen molar-refractivity contribution in [2.24, 2.45) is 0 Å². The van der Waals surface area contributed by atoms with Crippen molar-refractivity contribution in [3.8, 4) is 0 Å². The molecule has 1 nitrogen and oxygen atoms in total. The van der Waals surface area contributed by atoms with Crippen LogP contribution >= 0.6 is 11.6 Å². The highest BCUT2D eigenvalue weighted by Crippen LogP contribution is 2.17. The van der Waals surface area contributed by atoms with E-state index in [1.54, 1.807) is 0 Å². The Kier molecular flexibility index (Phi) is 3.78. The normalized spacial score (nSPS) is 10.4. The zero-order valence-electron chi connectivity index (χ0n) is 9.91. The van der Waals surface area contributed by atoms with Crippen molar-refractivity contribution in [2.75, 3.05) is 0 Å². The van der Waals surface area contributed by atoms with Crippen molar-refractivity contribution < 1.29 is 9.18 Å². The van der Waals surface area contributed by atoms with E-state index in [1.165, 1.54) is 12.1 Å². The molecule has 18 heavy (non-hydrogen) atoms. The molecule has 0 bridgehead atoms. The van der Waals surface area contributed by atoms with Gasteiger partial charge in [0.25, 0.3) is 0 Å². The van der Waals surface area contributed by atoms with Crippen LogP contribution in [0.5, 0.6) is 0 Å². The van der Waals surface area contributed by atoms with Crippen LogP contribution in [0.15, 0.2) is 42.5 Å². The van der Waals surface area contributed by atoms with Crippen LogP contribution in [0, 0.1) is 12.7 Å². The van der Waals surface area contributed by atoms with Crippen molar-refractivity contribution in [1.82, 2.24) is 0 Å². The van der Waals surface area contributed by atoms with E-state index >= 15 is 0 Å². The lowest BCUT2D eigenvalue weighted by Crippen LogP contribution is -2.06. The van der Waals surface area contributed by atoms with Crippen LogP contribution in [0.4, 0.5) is 4.39 Å². The van der Waals surface area contributed by atoms with Crippen LogP contribution in [0.3, 0.4) is 0 Å². The predicted molar refractivity (Wildman–Crippen MR) is 70.6 cm³/mol. The van der Waals surface area contributed by atoms with Gasteiger partial charge in [-0.15, -0.1) is 0 Å². The molecular formula is C15H12ClFO. The summed E-state index contributed by atoms with van der Waals surface area (Å²) in [6.45, 7) is 1.98. The van der Waals surface area contributed by atoms with Crippen molar-refractivity contribution in [2.45, 2.75) is 13.3 Å². The molecule has 0 spiro atoms. The first kappa shape index (κ1) is 12.8. The fourth-order valence-electron chi connectivity index (χ4n) is 1.70. The van der Waals surface area contributed by atoms with E-state index in [9.17, 15) is 9.18 Å². The number of hydrogen-bond donors (Lipinski definition) is 0. The molecule has 0 aromatic heterocycles. The first-order valence-corrected chi connectivity index (χ1v) is 5.98. The lowest BCUT2D eigenvalue weighted by molar-refractivity contribution is 0.0989. The van der Waals surface area contributed by atoms with E-state index in [4.69, 9.17) is 11.6 Å². The highest BCUT2D eigenvalue weighted by molar-refractivity contribution is 6.30. The van der Waals surface area contributed by atoms with Gasteiger partial charge in [0, 0.05) is 11.4 Å². The Balaban J connectivity index is 2.19. The van der Waals surface area contributed by atoms with Gasteiger partial charge >= 0.3 is 0 Å². The molecule has 0 aliphatic carbocycles. The summed E-state index contributed by atoms with van der Waals surface area (Å²) in [5.41, 5.74) is 2.09. The number of carbonyl (C=O) groups is 1. The summed E-state index contributed by atoms with van der Waals surface area (Å²) >= 11 is 5.65. The van der Waals surface area contributed by atoms with E-state index in [0.29, 0.717) is 5.02 Å². The highest BCUT2D eigenvalue weighted by Gasteiger charge is 2.12. The number of rotatable bonds is 3. The Bertz CT molecular complexity index is 576. The third kappa shape index (κ3) is 2.96. The van der Waals surface area contributed by atoms with E-state index in [0.717, 1.165) is 17.2 Å². The Morgan fingerprint density at radius 1 is 1.17 bits per heavy atom. The van der Waals surface area contributed by atoms with Crippen molar-refractivity contribution in [1.29, 1.82) is 0 Å². The van der Waals surface area contributed by atoms with E-state index in [1.807, 2.05) is 31.2 Å². The first-order valence-electron chi connectivity index (χ1n) is 5.60. The minimum atomic E-state index is -0.570. The number of halogens is 2. The van der Waals surface area contributed by atoms with E-state index in [2.05, 4.69) is 0 Å². The molecule has 3 heteroatoms. The number of aryl methyl sites for hydroxylation is 1. The highest BCUT2D eigenvalue weighted by atomic mass is 35.5. The topological polar surface area (TPSA) is 17.1 Å². The molecule has 0 fully saturated rings. The lowest BCUT2D eigenvalue weighted by atomic mass is 10.0. The van der Waals surface area contributed by atoms with Crippen molar-refractivity contribution >= 4 is 17.4 Å². The monoisotopic (exact) mass is 262 g/mol. The summed E-state index contributed by atoms with van der Waals surface area (Å²) in [5.74, 6) is -0.812. The fourth-order valence-corrected chi connectivity index (χ4v) is 1.86. The molecule has 2 aromatic rings. The molecule has 2 aromatic carbocycles. The lowest BCUT2D eigenvalue weighted by Gasteiger charge is -2.04. The summed E-state index contributed by atoms with van der Waals surface area (Å²) in [4.78, 5) is 11.9. The molecule has 0 unspecified atom stereocenters. The number of carbonyl (C=O) groups excluding carboxylic acids is 1. The smallest absolute Gasteiger partial charge is 0.170 e. The second-order valence-electron chi connectivity index (χ2n) is 4.21. The Morgan fingerprint density at radius 3 is 2.44 bits per heavy atom. The van der Waals surface area contributed by atoms with Crippen molar-refractivity contribution in [3.05, 3.63) is 70.0 Å². The maximum absolute atomic E-state index is 13.6. The summed E-state index contributed by atoms with van der Waals surface area (Å²) < 4.78 is 13.6. The minimum absolute atomic E-state index is 0.0833. The SMILES string of the molecule is Cc1ccc(CC(=O)c2ccc(Cl)cc2F)cc1. The molecule has 0 saturated carbocycles. The Labute approximate surface area is 110 Å². The van der Waals surface area contributed by atoms with Crippen LogP contribution in [-0.4, -0.2) is 5.78 Å². The molecule has 0 aliphatic rings. The van der Waals surface area contributed by atoms with E-state index in [-0.39, 0.29) is 17.8 Å². The Hall–Kier alpha value is -1.67. The third-order valence-corrected chi connectivity index (χ3v) is 2.95. The molecular weight excluding hydrogens is 251 g/mol. The van der Waals surface area contributed by atoms with Gasteiger partial charge in [0.05, 0.1) is 5.56 Å². The van der Waals surface area contributed by atoms with Crippen LogP contribution < -0.4 is 0 Å². The summed E-state index contributed by atoms with van der Waals surface area (Å²) in [5, 5.41) is 0.291. The van der Waals surface area contributed by atoms with Gasteiger partial charge < -0.3 is 0 Å². The summed E-state index contributed by atoms with van der Waals surface area (Å²) in [6.07, 6.45) is 0.193. The second-order valence-corrected chi connectivity index (χ2v) is 4.65. The molecule has 0 saturated heterocycles. The molecule has 2 rings (SSSR count). The van der Waals surface area contributed by atoms with Crippen molar-refractivity contribution in [3.63, 3.8) is 0 Å². The van der Waals surface area contributed by atoms with Gasteiger partial charge in [-0.1, -0.05) is 41.4 Å². The molecule has 92 valence electrons. The van der Waals surface area contributed by atoms with Gasteiger partial charge in [0.2, 0.25) is 0 Å². The van der Waals surface area contributed by atoms with Gasteiger partial charge in [-0.05, 0) is 30.7 Å². The third-order valence-electron chi connectivity index (χ3n) is 2.72. The molecule has 0 heterocycles. The maximum atomic E-state index is 13.6. The standard InChI is InChI=1S/C15H12ClFO/c1-10-2-4-11(5-3-10)8-15(18)13-7-6-12(16)9-14(13)17/h2-7,9H,8H2,1H3. The van der Waals surface area contributed by atoms with Crippen LogP contribution in [-0.2, 0) is 6.42 Å². The predicted octanol–water partition coefficient (Wildman–Crippen LogP) is 4.21. The van der Waals surface area contributed by atoms with E-state index < -0.39 is 5.82 Å². The largest absolute Gasteiger partial charge is 0.294 e. The second kappa shape index (κ2) is 5.32. The first-order chi connectivity index (χ1) is 8.56. The number of Topliss-reactive ketones (excluding diaryl/α,β-unsaturated/α-hetero) is 1. The quantitative estimate of drug-likeness (QED) is 0.757. The van der Waals surface area contributed by atoms with Gasteiger partial charge in [-0.3, -0.25) is 4.79 Å². The summed E-state index contributed by atoms with van der Waals surface area (Å²) in [7, 11) is 0. The molecule has 0 atom stereocenters. The number of benzene rings is 2. The number of ketones is 1. The van der Waals surface area contributed by atoms with Gasteiger partial charge in [0.1, 0.15) is 5.82 Å². The van der Waals surface area contributed by atoms with Crippen LogP contribution in [0.2, 0.25) is 5.02 Å². The zero-order chi connectivity index (χ0) is 13.1. The maximum Gasteiger partial charge on any atom is 0.170 e. The van der Waals surface area contributed by atoms with Gasteiger partial charge in [-0.25, -0.2) is 4.39 Å².